The number of nitrogens with two attached hydrogens (primary N) is 1. The number of pyridine rings is 1. The number of anilines is 1. The lowest BCUT2D eigenvalue weighted by Crippen LogP contribution is -2.43. The van der Waals surface area contributed by atoms with Crippen LogP contribution in [0.4, 0.5) is 5.69 Å². The number of ketones is 1. The number of aromatic nitrogens is 1. The van der Waals surface area contributed by atoms with E-state index >= 15 is 0 Å². The van der Waals surface area contributed by atoms with E-state index in [2.05, 4.69) is 14.8 Å². The molecule has 0 spiro atoms. The van der Waals surface area contributed by atoms with Crippen molar-refractivity contribution in [2.24, 2.45) is 0 Å². The molecule has 2 heterocycles. The van der Waals surface area contributed by atoms with E-state index in [0.717, 1.165) is 26.1 Å². The molecule has 0 saturated carbocycles. The summed E-state index contributed by atoms with van der Waals surface area (Å²) in [7, 11) is 4.04. The summed E-state index contributed by atoms with van der Waals surface area (Å²) < 4.78 is 0. The molecule has 0 radical (unpaired) electrons. The Morgan fingerprint density at radius 1 is 1.44 bits per heavy atom. The molecule has 98 valence electrons. The van der Waals surface area contributed by atoms with E-state index in [4.69, 9.17) is 5.73 Å². The third-order valence-electron chi connectivity index (χ3n) is 3.49. The molecule has 1 unspecified atom stereocenters. The second kappa shape index (κ2) is 5.46. The van der Waals surface area contributed by atoms with Gasteiger partial charge in [0.25, 0.3) is 0 Å². The smallest absolute Gasteiger partial charge is 0.184 e. The first kappa shape index (κ1) is 13.0. The highest BCUT2D eigenvalue weighted by atomic mass is 16.1. The fourth-order valence-electron chi connectivity index (χ4n) is 2.35. The normalized spacial score (nSPS) is 22.7. The number of Topliss-reactive ketones (excluding diaryl/α,β-unsaturated/α-hetero) is 1. The molecule has 1 aromatic heterocycles. The number of hydrogen-bond donors (Lipinski definition) is 1. The van der Waals surface area contributed by atoms with Gasteiger partial charge in [0.05, 0.1) is 11.6 Å². The average molecular weight is 248 g/mol. The van der Waals surface area contributed by atoms with Gasteiger partial charge in [-0.2, -0.15) is 0 Å². The molecule has 1 aliphatic rings. The third-order valence-corrected chi connectivity index (χ3v) is 3.49. The second-order valence-electron chi connectivity index (χ2n) is 4.94. The maximum Gasteiger partial charge on any atom is 0.184 e. The Morgan fingerprint density at radius 2 is 2.22 bits per heavy atom. The number of carbonyl (C=O) groups is 1. The van der Waals surface area contributed by atoms with Crippen molar-refractivity contribution in [3.05, 3.63) is 24.0 Å². The van der Waals surface area contributed by atoms with E-state index in [1.807, 2.05) is 14.1 Å². The van der Waals surface area contributed by atoms with E-state index in [1.54, 1.807) is 18.5 Å². The van der Waals surface area contributed by atoms with Crippen LogP contribution in [0.15, 0.2) is 18.5 Å². The fraction of sp³-hybridized carbons (Fsp3) is 0.538. The first-order valence-corrected chi connectivity index (χ1v) is 6.22. The van der Waals surface area contributed by atoms with Crippen LogP contribution in [-0.4, -0.2) is 60.3 Å². The first-order valence-electron chi connectivity index (χ1n) is 6.22. The minimum absolute atomic E-state index is 0.0665. The van der Waals surface area contributed by atoms with E-state index in [-0.39, 0.29) is 11.8 Å². The maximum atomic E-state index is 12.5. The van der Waals surface area contributed by atoms with Gasteiger partial charge in [-0.15, -0.1) is 0 Å². The number of nitrogens with zero attached hydrogens (tertiary/aromatic N) is 3. The predicted molar refractivity (Wildman–Crippen MR) is 71.5 cm³/mol. The number of nitrogen functional groups attached to an aromatic ring is 1. The van der Waals surface area contributed by atoms with Crippen LogP contribution in [-0.2, 0) is 0 Å². The lowest BCUT2D eigenvalue weighted by molar-refractivity contribution is 0.0840. The number of rotatable bonds is 2. The van der Waals surface area contributed by atoms with Crippen molar-refractivity contribution in [2.75, 3.05) is 39.5 Å². The van der Waals surface area contributed by atoms with Gasteiger partial charge < -0.3 is 10.6 Å². The van der Waals surface area contributed by atoms with Crippen LogP contribution >= 0.6 is 0 Å². The zero-order valence-electron chi connectivity index (χ0n) is 11.0. The minimum Gasteiger partial charge on any atom is -0.398 e. The topological polar surface area (TPSA) is 62.5 Å². The van der Waals surface area contributed by atoms with Gasteiger partial charge in [-0.25, -0.2) is 0 Å². The highest BCUT2D eigenvalue weighted by molar-refractivity contribution is 6.04. The van der Waals surface area contributed by atoms with Crippen molar-refractivity contribution in [3.63, 3.8) is 0 Å². The van der Waals surface area contributed by atoms with Gasteiger partial charge in [0.1, 0.15) is 0 Å². The Hall–Kier alpha value is -1.46. The van der Waals surface area contributed by atoms with E-state index in [1.165, 1.54) is 0 Å². The average Bonchev–Trinajstić information content (AvgIpc) is 2.51. The van der Waals surface area contributed by atoms with Crippen LogP contribution in [0, 0.1) is 0 Å². The van der Waals surface area contributed by atoms with Gasteiger partial charge in [-0.3, -0.25) is 14.7 Å². The molecule has 2 N–H and O–H groups in total. The maximum absolute atomic E-state index is 12.5. The molecule has 0 aromatic carbocycles. The fourth-order valence-corrected chi connectivity index (χ4v) is 2.35. The summed E-state index contributed by atoms with van der Waals surface area (Å²) >= 11 is 0. The molecule has 2 rings (SSSR count). The van der Waals surface area contributed by atoms with Gasteiger partial charge >= 0.3 is 0 Å². The summed E-state index contributed by atoms with van der Waals surface area (Å²) in [5.41, 5.74) is 6.90. The van der Waals surface area contributed by atoms with Crippen molar-refractivity contribution in [1.82, 2.24) is 14.8 Å². The number of likely N-dealkylation sites (N-methyl/N-ethyl adjacent to an activating group) is 2. The number of carbonyl (C=O) groups excluding carboxylic acids is 1. The highest BCUT2D eigenvalue weighted by Gasteiger charge is 2.28. The van der Waals surface area contributed by atoms with Gasteiger partial charge in [0.2, 0.25) is 0 Å². The molecule has 0 amide bonds. The summed E-state index contributed by atoms with van der Waals surface area (Å²) in [5.74, 6) is 0.0665. The molecule has 1 saturated heterocycles. The standard InChI is InChI=1S/C13H20N4O/c1-16-6-3-7-17(2)12(9-16)13(18)10-8-15-5-4-11(10)14/h4-5,8,12H,3,6-7,9H2,1-2H3,(H2,14,15). The summed E-state index contributed by atoms with van der Waals surface area (Å²) in [6, 6.07) is 1.54. The Bertz CT molecular complexity index is 435. The minimum atomic E-state index is -0.135. The SMILES string of the molecule is CN1CCCN(C)C(C(=O)c2cnccc2N)C1. The van der Waals surface area contributed by atoms with Crippen molar-refractivity contribution < 1.29 is 4.79 Å². The molecule has 1 aromatic rings. The van der Waals surface area contributed by atoms with Gasteiger partial charge in [-0.05, 0) is 39.7 Å². The molecular formula is C13H20N4O. The number of hydrogen-bond acceptors (Lipinski definition) is 5. The lowest BCUT2D eigenvalue weighted by Gasteiger charge is -2.26. The Balaban J connectivity index is 2.23. The zero-order valence-corrected chi connectivity index (χ0v) is 11.0. The zero-order chi connectivity index (χ0) is 13.1. The highest BCUT2D eigenvalue weighted by Crippen LogP contribution is 2.16. The van der Waals surface area contributed by atoms with Crippen molar-refractivity contribution >= 4 is 11.5 Å². The first-order chi connectivity index (χ1) is 8.59. The van der Waals surface area contributed by atoms with E-state index in [0.29, 0.717) is 11.3 Å². The quantitative estimate of drug-likeness (QED) is 0.771. The van der Waals surface area contributed by atoms with Crippen LogP contribution in [0.1, 0.15) is 16.8 Å². The van der Waals surface area contributed by atoms with Crippen LogP contribution in [0.5, 0.6) is 0 Å². The summed E-state index contributed by atoms with van der Waals surface area (Å²) in [5, 5.41) is 0. The van der Waals surface area contributed by atoms with Gasteiger partial charge in [-0.1, -0.05) is 0 Å². The summed E-state index contributed by atoms with van der Waals surface area (Å²) in [6.45, 7) is 2.70. The lowest BCUT2D eigenvalue weighted by atomic mass is 10.0. The summed E-state index contributed by atoms with van der Waals surface area (Å²) in [4.78, 5) is 20.8. The van der Waals surface area contributed by atoms with Crippen LogP contribution in [0.2, 0.25) is 0 Å². The van der Waals surface area contributed by atoms with Crippen LogP contribution < -0.4 is 5.73 Å². The molecule has 0 bridgehead atoms. The van der Waals surface area contributed by atoms with Crippen molar-refractivity contribution in [2.45, 2.75) is 12.5 Å². The summed E-state index contributed by atoms with van der Waals surface area (Å²) in [6.07, 6.45) is 4.25. The molecule has 1 atom stereocenters. The Morgan fingerprint density at radius 3 is 2.94 bits per heavy atom. The van der Waals surface area contributed by atoms with Gasteiger partial charge in [0, 0.05) is 24.6 Å². The molecular weight excluding hydrogens is 228 g/mol. The molecule has 5 nitrogen and oxygen atoms in total. The molecule has 1 fully saturated rings. The van der Waals surface area contributed by atoms with Crippen molar-refractivity contribution in [1.29, 1.82) is 0 Å². The third kappa shape index (κ3) is 2.68. The van der Waals surface area contributed by atoms with E-state index < -0.39 is 0 Å². The molecule has 0 aliphatic carbocycles. The van der Waals surface area contributed by atoms with Crippen molar-refractivity contribution in [3.8, 4) is 0 Å². The molecule has 18 heavy (non-hydrogen) atoms. The molecule has 5 heteroatoms. The largest absolute Gasteiger partial charge is 0.398 e. The van der Waals surface area contributed by atoms with E-state index in [9.17, 15) is 4.79 Å². The Labute approximate surface area is 108 Å². The van der Waals surface area contributed by atoms with Crippen LogP contribution in [0.3, 0.4) is 0 Å². The Kier molecular flexibility index (Phi) is 3.93. The second-order valence-corrected chi connectivity index (χ2v) is 4.94. The monoisotopic (exact) mass is 248 g/mol. The molecule has 1 aliphatic heterocycles. The van der Waals surface area contributed by atoms with Gasteiger partial charge in [0.15, 0.2) is 5.78 Å². The predicted octanol–water partition coefficient (Wildman–Crippen LogP) is 0.482. The van der Waals surface area contributed by atoms with Crippen LogP contribution in [0.25, 0.3) is 0 Å².